The van der Waals surface area contributed by atoms with Crippen LogP contribution < -0.4 is 14.8 Å². The lowest BCUT2D eigenvalue weighted by molar-refractivity contribution is -0.116. The van der Waals surface area contributed by atoms with Gasteiger partial charge in [0.1, 0.15) is 0 Å². The van der Waals surface area contributed by atoms with E-state index in [2.05, 4.69) is 22.4 Å². The molecule has 0 unspecified atom stereocenters. The zero-order valence-corrected chi connectivity index (χ0v) is 16.5. The number of carbonyl (C=O) groups excluding carboxylic acids is 1. The molecule has 1 aliphatic carbocycles. The second kappa shape index (κ2) is 6.92. The number of pyridine rings is 1. The number of anilines is 1. The number of Topliss-reactive ketones (excluding diaryl/α,β-unsaturated/α-hetero) is 1. The number of hydrogen-bond acceptors (Lipinski definition) is 5. The minimum absolute atomic E-state index is 0.140. The summed E-state index contributed by atoms with van der Waals surface area (Å²) in [6, 6.07) is 14.1. The molecular formula is C24H22N2O3. The second-order valence-electron chi connectivity index (χ2n) is 7.44. The summed E-state index contributed by atoms with van der Waals surface area (Å²) in [4.78, 5) is 17.5. The smallest absolute Gasteiger partial charge is 0.161 e. The SMILES string of the molecule is COc1ccc([C@H]2C3=C(CCCC3=O)Nc3c2ccc2ncccc32)cc1OC. The van der Waals surface area contributed by atoms with Gasteiger partial charge in [-0.05, 0) is 54.3 Å². The zero-order chi connectivity index (χ0) is 20.0. The molecule has 1 atom stereocenters. The Balaban J connectivity index is 1.77. The van der Waals surface area contributed by atoms with Crippen molar-refractivity contribution in [2.45, 2.75) is 25.2 Å². The first kappa shape index (κ1) is 17.7. The van der Waals surface area contributed by atoms with E-state index in [4.69, 9.17) is 9.47 Å². The molecule has 146 valence electrons. The van der Waals surface area contributed by atoms with E-state index < -0.39 is 0 Å². The van der Waals surface area contributed by atoms with Gasteiger partial charge in [0.2, 0.25) is 0 Å². The van der Waals surface area contributed by atoms with Crippen molar-refractivity contribution in [3.05, 3.63) is 71.1 Å². The van der Waals surface area contributed by atoms with Crippen LogP contribution in [0.15, 0.2) is 59.9 Å². The fourth-order valence-corrected chi connectivity index (χ4v) is 4.56. The Bertz CT molecular complexity index is 1170. The van der Waals surface area contributed by atoms with Crippen LogP contribution in [0.4, 0.5) is 5.69 Å². The average molecular weight is 386 g/mol. The fourth-order valence-electron chi connectivity index (χ4n) is 4.56. The van der Waals surface area contributed by atoms with Gasteiger partial charge in [-0.15, -0.1) is 0 Å². The first-order valence-electron chi connectivity index (χ1n) is 9.84. The van der Waals surface area contributed by atoms with Crippen LogP contribution in [0.3, 0.4) is 0 Å². The Kier molecular flexibility index (Phi) is 4.23. The van der Waals surface area contributed by atoms with Crippen LogP contribution in [0.25, 0.3) is 10.9 Å². The van der Waals surface area contributed by atoms with Gasteiger partial charge in [-0.3, -0.25) is 9.78 Å². The summed E-state index contributed by atoms with van der Waals surface area (Å²) < 4.78 is 10.9. The Morgan fingerprint density at radius 1 is 1.03 bits per heavy atom. The van der Waals surface area contributed by atoms with Crippen molar-refractivity contribution < 1.29 is 14.3 Å². The highest BCUT2D eigenvalue weighted by atomic mass is 16.5. The molecule has 1 aromatic heterocycles. The van der Waals surface area contributed by atoms with Gasteiger partial charge in [0.25, 0.3) is 0 Å². The number of aromatic nitrogens is 1. The third-order valence-corrected chi connectivity index (χ3v) is 5.89. The molecule has 1 aliphatic heterocycles. The van der Waals surface area contributed by atoms with Crippen molar-refractivity contribution in [1.29, 1.82) is 0 Å². The van der Waals surface area contributed by atoms with Gasteiger partial charge in [-0.1, -0.05) is 12.1 Å². The molecule has 0 spiro atoms. The lowest BCUT2D eigenvalue weighted by Gasteiger charge is -2.34. The fraction of sp³-hybridized carbons (Fsp3) is 0.250. The molecule has 5 nitrogen and oxygen atoms in total. The second-order valence-corrected chi connectivity index (χ2v) is 7.44. The number of benzene rings is 2. The number of hydrogen-bond donors (Lipinski definition) is 1. The quantitative estimate of drug-likeness (QED) is 0.700. The number of carbonyl (C=O) groups is 1. The molecule has 2 aromatic carbocycles. The van der Waals surface area contributed by atoms with E-state index >= 15 is 0 Å². The molecule has 0 saturated heterocycles. The number of allylic oxidation sites excluding steroid dienone is 2. The van der Waals surface area contributed by atoms with E-state index in [0.717, 1.165) is 51.8 Å². The maximum Gasteiger partial charge on any atom is 0.161 e. The largest absolute Gasteiger partial charge is 0.493 e. The normalized spacial score (nSPS) is 18.1. The molecule has 0 radical (unpaired) electrons. The van der Waals surface area contributed by atoms with Crippen LogP contribution in [0.5, 0.6) is 11.5 Å². The van der Waals surface area contributed by atoms with E-state index in [0.29, 0.717) is 17.9 Å². The Hall–Kier alpha value is -3.34. The van der Waals surface area contributed by atoms with Crippen molar-refractivity contribution in [3.8, 4) is 11.5 Å². The zero-order valence-electron chi connectivity index (χ0n) is 16.5. The number of rotatable bonds is 3. The van der Waals surface area contributed by atoms with Gasteiger partial charge >= 0.3 is 0 Å². The van der Waals surface area contributed by atoms with Crippen LogP contribution in [-0.2, 0) is 4.79 Å². The van der Waals surface area contributed by atoms with Gasteiger partial charge in [0.15, 0.2) is 17.3 Å². The predicted molar refractivity (Wildman–Crippen MR) is 113 cm³/mol. The Morgan fingerprint density at radius 3 is 2.72 bits per heavy atom. The number of nitrogens with zero attached hydrogens (tertiary/aromatic N) is 1. The van der Waals surface area contributed by atoms with E-state index in [9.17, 15) is 4.79 Å². The van der Waals surface area contributed by atoms with E-state index in [1.54, 1.807) is 20.4 Å². The summed E-state index contributed by atoms with van der Waals surface area (Å²) in [6.45, 7) is 0. The molecular weight excluding hydrogens is 364 g/mol. The average Bonchev–Trinajstić information content (AvgIpc) is 2.77. The van der Waals surface area contributed by atoms with Crippen LogP contribution in [0.2, 0.25) is 0 Å². The molecule has 1 N–H and O–H groups in total. The molecule has 3 aromatic rings. The summed E-state index contributed by atoms with van der Waals surface area (Å²) in [7, 11) is 3.26. The van der Waals surface area contributed by atoms with Crippen LogP contribution in [0, 0.1) is 0 Å². The summed E-state index contributed by atoms with van der Waals surface area (Å²) in [6.07, 6.45) is 4.15. The number of ether oxygens (including phenoxy) is 2. The van der Waals surface area contributed by atoms with Gasteiger partial charge in [0.05, 0.1) is 25.4 Å². The van der Waals surface area contributed by atoms with Crippen LogP contribution in [0.1, 0.15) is 36.3 Å². The Labute approximate surface area is 169 Å². The van der Waals surface area contributed by atoms with Crippen molar-refractivity contribution >= 4 is 22.4 Å². The number of nitrogens with one attached hydrogen (secondary N) is 1. The van der Waals surface area contributed by atoms with Gasteiger partial charge in [-0.25, -0.2) is 0 Å². The molecule has 2 heterocycles. The maximum atomic E-state index is 13.0. The van der Waals surface area contributed by atoms with E-state index in [1.165, 1.54) is 0 Å². The van der Waals surface area contributed by atoms with Gasteiger partial charge < -0.3 is 14.8 Å². The maximum absolute atomic E-state index is 13.0. The van der Waals surface area contributed by atoms with Crippen molar-refractivity contribution in [2.75, 3.05) is 19.5 Å². The molecule has 0 amide bonds. The molecule has 5 heteroatoms. The van der Waals surface area contributed by atoms with Crippen LogP contribution >= 0.6 is 0 Å². The van der Waals surface area contributed by atoms with Gasteiger partial charge in [0, 0.05) is 35.2 Å². The first-order chi connectivity index (χ1) is 14.2. The molecule has 29 heavy (non-hydrogen) atoms. The highest BCUT2D eigenvalue weighted by Gasteiger charge is 2.36. The lowest BCUT2D eigenvalue weighted by atomic mass is 9.75. The standard InChI is InChI=1S/C24H22N2O3/c1-28-20-11-8-14(13-21(20)29-2)22-16-9-10-17-15(5-4-12-25-17)24(16)26-18-6-3-7-19(27)23(18)22/h4-5,8-13,22,26H,3,6-7H2,1-2H3/t22-/m1/s1. The minimum Gasteiger partial charge on any atom is -0.493 e. The summed E-state index contributed by atoms with van der Waals surface area (Å²) in [5, 5.41) is 4.66. The van der Waals surface area contributed by atoms with Crippen molar-refractivity contribution in [1.82, 2.24) is 4.98 Å². The van der Waals surface area contributed by atoms with Crippen molar-refractivity contribution in [2.24, 2.45) is 0 Å². The molecule has 5 rings (SSSR count). The highest BCUT2D eigenvalue weighted by Crippen LogP contribution is 2.48. The molecule has 0 fully saturated rings. The summed E-state index contributed by atoms with van der Waals surface area (Å²) >= 11 is 0. The molecule has 0 saturated carbocycles. The highest BCUT2D eigenvalue weighted by molar-refractivity contribution is 6.04. The lowest BCUT2D eigenvalue weighted by Crippen LogP contribution is -2.27. The summed E-state index contributed by atoms with van der Waals surface area (Å²) in [5.41, 5.74) is 6.01. The third-order valence-electron chi connectivity index (χ3n) is 5.89. The topological polar surface area (TPSA) is 60.5 Å². The van der Waals surface area contributed by atoms with E-state index in [-0.39, 0.29) is 11.7 Å². The van der Waals surface area contributed by atoms with Crippen LogP contribution in [-0.4, -0.2) is 25.0 Å². The van der Waals surface area contributed by atoms with E-state index in [1.807, 2.05) is 30.3 Å². The number of fused-ring (bicyclic) bond motifs is 3. The summed E-state index contributed by atoms with van der Waals surface area (Å²) in [5.74, 6) is 1.42. The number of methoxy groups -OCH3 is 2. The third kappa shape index (κ3) is 2.77. The first-order valence-corrected chi connectivity index (χ1v) is 9.84. The molecule has 2 aliphatic rings. The monoisotopic (exact) mass is 386 g/mol. The predicted octanol–water partition coefficient (Wildman–Crippen LogP) is 4.82. The molecule has 0 bridgehead atoms. The Morgan fingerprint density at radius 2 is 1.90 bits per heavy atom. The number of ketones is 1. The van der Waals surface area contributed by atoms with Crippen molar-refractivity contribution in [3.63, 3.8) is 0 Å². The van der Waals surface area contributed by atoms with Gasteiger partial charge in [-0.2, -0.15) is 0 Å². The minimum atomic E-state index is -0.140.